The van der Waals surface area contributed by atoms with Crippen LogP contribution in [0.5, 0.6) is 11.5 Å². The second-order valence-corrected chi connectivity index (χ2v) is 4.51. The van der Waals surface area contributed by atoms with Crippen molar-refractivity contribution in [1.82, 2.24) is 0 Å². The highest BCUT2D eigenvalue weighted by Gasteiger charge is 2.23. The zero-order valence-corrected chi connectivity index (χ0v) is 9.56. The molecule has 5 heteroatoms. The predicted octanol–water partition coefficient (Wildman–Crippen LogP) is 1.73. The number of nitrogens with two attached hydrogens (primary N) is 2. The Balaban J connectivity index is 2.54. The number of ether oxygens (including phenoxy) is 2. The molecule has 0 aromatic heterocycles. The maximum atomic E-state index is 5.95. The summed E-state index contributed by atoms with van der Waals surface area (Å²) in [5, 5.41) is 0. The summed E-state index contributed by atoms with van der Waals surface area (Å²) in [6.07, 6.45) is 0.164. The summed E-state index contributed by atoms with van der Waals surface area (Å²) in [6, 6.07) is 1.70. The van der Waals surface area contributed by atoms with Crippen LogP contribution in [-0.4, -0.2) is 19.0 Å². The van der Waals surface area contributed by atoms with E-state index in [9.17, 15) is 0 Å². The molecule has 1 aromatic carbocycles. The molecule has 2 rings (SSSR count). The van der Waals surface area contributed by atoms with Crippen molar-refractivity contribution in [1.29, 1.82) is 0 Å². The van der Waals surface area contributed by atoms with E-state index in [1.807, 2.05) is 6.92 Å². The summed E-state index contributed by atoms with van der Waals surface area (Å²) >= 11 is 1.66. The Bertz CT molecular complexity index is 395. The molecule has 1 unspecified atom stereocenters. The number of fused-ring (bicyclic) bond motifs is 1. The molecule has 0 spiro atoms. The van der Waals surface area contributed by atoms with Crippen molar-refractivity contribution in [2.24, 2.45) is 0 Å². The van der Waals surface area contributed by atoms with Gasteiger partial charge in [0, 0.05) is 11.8 Å². The fourth-order valence-electron chi connectivity index (χ4n) is 1.52. The molecule has 0 amide bonds. The van der Waals surface area contributed by atoms with Crippen molar-refractivity contribution in [3.8, 4) is 11.5 Å². The van der Waals surface area contributed by atoms with E-state index in [1.165, 1.54) is 0 Å². The van der Waals surface area contributed by atoms with Crippen LogP contribution < -0.4 is 20.9 Å². The molecular formula is C10H14N2O2S. The summed E-state index contributed by atoms with van der Waals surface area (Å²) in [6.45, 7) is 2.01. The molecule has 82 valence electrons. The lowest BCUT2D eigenvalue weighted by Gasteiger charge is -2.25. The fraction of sp³-hybridized carbons (Fsp3) is 0.400. The van der Waals surface area contributed by atoms with E-state index in [0.717, 1.165) is 10.6 Å². The van der Waals surface area contributed by atoms with E-state index >= 15 is 0 Å². The van der Waals surface area contributed by atoms with Gasteiger partial charge in [-0.25, -0.2) is 0 Å². The number of nitrogen functional groups attached to an aromatic ring is 2. The van der Waals surface area contributed by atoms with Crippen LogP contribution in [0, 0.1) is 0 Å². The van der Waals surface area contributed by atoms with Gasteiger partial charge in [-0.2, -0.15) is 0 Å². The number of anilines is 2. The highest BCUT2D eigenvalue weighted by molar-refractivity contribution is 7.99. The van der Waals surface area contributed by atoms with Crippen LogP contribution in [0.2, 0.25) is 0 Å². The monoisotopic (exact) mass is 226 g/mol. The first-order valence-corrected chi connectivity index (χ1v) is 5.67. The predicted molar refractivity (Wildman–Crippen MR) is 62.6 cm³/mol. The van der Waals surface area contributed by atoms with Crippen LogP contribution in [0.3, 0.4) is 0 Å². The first-order chi connectivity index (χ1) is 7.13. The van der Waals surface area contributed by atoms with Gasteiger partial charge >= 0.3 is 0 Å². The first kappa shape index (κ1) is 10.3. The van der Waals surface area contributed by atoms with E-state index in [0.29, 0.717) is 22.9 Å². The van der Waals surface area contributed by atoms with Gasteiger partial charge < -0.3 is 20.9 Å². The highest BCUT2D eigenvalue weighted by Crippen LogP contribution is 2.47. The smallest absolute Gasteiger partial charge is 0.158 e. The van der Waals surface area contributed by atoms with Crippen molar-refractivity contribution in [2.75, 3.05) is 24.3 Å². The first-order valence-electron chi connectivity index (χ1n) is 4.69. The summed E-state index contributed by atoms with van der Waals surface area (Å²) < 4.78 is 10.8. The average molecular weight is 226 g/mol. The number of thioether (sulfide) groups is 1. The highest BCUT2D eigenvalue weighted by atomic mass is 32.2. The minimum Gasteiger partial charge on any atom is -0.494 e. The summed E-state index contributed by atoms with van der Waals surface area (Å²) in [7, 11) is 1.58. The largest absolute Gasteiger partial charge is 0.494 e. The Morgan fingerprint density at radius 1 is 1.53 bits per heavy atom. The van der Waals surface area contributed by atoms with Crippen LogP contribution in [0.15, 0.2) is 11.0 Å². The quantitative estimate of drug-likeness (QED) is 0.714. The van der Waals surface area contributed by atoms with Crippen LogP contribution >= 0.6 is 11.8 Å². The summed E-state index contributed by atoms with van der Waals surface area (Å²) in [5.41, 5.74) is 13.0. The Morgan fingerprint density at radius 3 is 2.93 bits per heavy atom. The van der Waals surface area contributed by atoms with Gasteiger partial charge in [0.1, 0.15) is 11.9 Å². The lowest BCUT2D eigenvalue weighted by molar-refractivity contribution is 0.237. The maximum absolute atomic E-state index is 5.95. The lowest BCUT2D eigenvalue weighted by Crippen LogP contribution is -2.20. The minimum atomic E-state index is 0.164. The fourth-order valence-corrected chi connectivity index (χ4v) is 2.54. The van der Waals surface area contributed by atoms with Gasteiger partial charge in [-0.05, 0) is 6.92 Å². The van der Waals surface area contributed by atoms with Crippen LogP contribution in [0.25, 0.3) is 0 Å². The topological polar surface area (TPSA) is 70.5 Å². The van der Waals surface area contributed by atoms with E-state index < -0.39 is 0 Å². The van der Waals surface area contributed by atoms with Gasteiger partial charge in [-0.15, -0.1) is 11.8 Å². The second kappa shape index (κ2) is 3.73. The minimum absolute atomic E-state index is 0.164. The summed E-state index contributed by atoms with van der Waals surface area (Å²) in [4.78, 5) is 0.893. The molecule has 0 radical (unpaired) electrons. The van der Waals surface area contributed by atoms with Crippen LogP contribution in [0.4, 0.5) is 11.4 Å². The van der Waals surface area contributed by atoms with Gasteiger partial charge in [0.2, 0.25) is 0 Å². The molecule has 1 aromatic rings. The van der Waals surface area contributed by atoms with E-state index in [-0.39, 0.29) is 6.10 Å². The second-order valence-electron chi connectivity index (χ2n) is 3.48. The van der Waals surface area contributed by atoms with Gasteiger partial charge in [-0.3, -0.25) is 0 Å². The van der Waals surface area contributed by atoms with Crippen molar-refractivity contribution < 1.29 is 9.47 Å². The molecule has 1 aliphatic heterocycles. The van der Waals surface area contributed by atoms with Crippen molar-refractivity contribution in [3.63, 3.8) is 0 Å². The van der Waals surface area contributed by atoms with Gasteiger partial charge in [0.25, 0.3) is 0 Å². The molecule has 1 atom stereocenters. The normalized spacial score (nSPS) is 19.2. The number of hydrogen-bond acceptors (Lipinski definition) is 5. The van der Waals surface area contributed by atoms with Crippen LogP contribution in [-0.2, 0) is 0 Å². The van der Waals surface area contributed by atoms with E-state index in [4.69, 9.17) is 20.9 Å². The zero-order valence-electron chi connectivity index (χ0n) is 8.74. The van der Waals surface area contributed by atoms with Gasteiger partial charge in [-0.1, -0.05) is 0 Å². The Kier molecular flexibility index (Phi) is 2.56. The van der Waals surface area contributed by atoms with Crippen molar-refractivity contribution >= 4 is 23.1 Å². The van der Waals surface area contributed by atoms with Crippen molar-refractivity contribution in [3.05, 3.63) is 6.07 Å². The number of methoxy groups -OCH3 is 1. The third-order valence-electron chi connectivity index (χ3n) is 2.27. The molecule has 0 aliphatic carbocycles. The number of rotatable bonds is 1. The molecule has 0 fully saturated rings. The Morgan fingerprint density at radius 2 is 2.27 bits per heavy atom. The van der Waals surface area contributed by atoms with E-state index in [1.54, 1.807) is 24.9 Å². The molecular weight excluding hydrogens is 212 g/mol. The molecule has 0 bridgehead atoms. The molecule has 4 nitrogen and oxygen atoms in total. The average Bonchev–Trinajstić information content (AvgIpc) is 2.23. The van der Waals surface area contributed by atoms with Gasteiger partial charge in [0.15, 0.2) is 5.75 Å². The molecule has 15 heavy (non-hydrogen) atoms. The SMILES string of the molecule is COc1cc(N)c2c(c1N)SCC(C)O2. The molecule has 0 saturated carbocycles. The van der Waals surface area contributed by atoms with Crippen molar-refractivity contribution in [2.45, 2.75) is 17.9 Å². The Labute approximate surface area is 92.9 Å². The Hall–Kier alpha value is -1.23. The number of benzene rings is 1. The summed E-state index contributed by atoms with van der Waals surface area (Å²) in [5.74, 6) is 2.18. The molecule has 0 saturated heterocycles. The van der Waals surface area contributed by atoms with E-state index in [2.05, 4.69) is 0 Å². The third kappa shape index (κ3) is 1.67. The third-order valence-corrected chi connectivity index (χ3v) is 3.60. The number of hydrogen-bond donors (Lipinski definition) is 2. The molecule has 1 heterocycles. The van der Waals surface area contributed by atoms with Crippen LogP contribution in [0.1, 0.15) is 6.92 Å². The zero-order chi connectivity index (χ0) is 11.0. The standard InChI is InChI=1S/C10H14N2O2S/c1-5-4-15-10-8(12)7(13-2)3-6(11)9(10)14-5/h3,5H,4,11-12H2,1-2H3. The maximum Gasteiger partial charge on any atom is 0.158 e. The van der Waals surface area contributed by atoms with Gasteiger partial charge in [0.05, 0.1) is 23.4 Å². The molecule has 1 aliphatic rings. The molecule has 4 N–H and O–H groups in total. The lowest BCUT2D eigenvalue weighted by atomic mass is 10.2.